The van der Waals surface area contributed by atoms with Crippen molar-refractivity contribution in [2.45, 2.75) is 24.3 Å². The molecule has 0 bridgehead atoms. The molecule has 1 fully saturated rings. The summed E-state index contributed by atoms with van der Waals surface area (Å²) in [5.41, 5.74) is 0. The second kappa shape index (κ2) is 4.33. The molecule has 4 heteroatoms. The molecule has 0 amide bonds. The molecule has 0 aromatic carbocycles. The normalized spacial score (nSPS) is 38.4. The molecule has 2 unspecified atom stereocenters. The Morgan fingerprint density at radius 3 is 2.33 bits per heavy atom. The lowest BCUT2D eigenvalue weighted by atomic mass is 10.3. The maximum atomic E-state index is 12.0. The monoisotopic (exact) mass is 193 g/mol. The van der Waals surface area contributed by atoms with Gasteiger partial charge in [0.25, 0.3) is 0 Å². The number of rotatable bonds is 2. The molecular weight excluding hydrogens is 177 g/mol. The number of hydrogen-bond donors (Lipinski definition) is 0. The van der Waals surface area contributed by atoms with E-state index in [1.54, 1.807) is 0 Å². The van der Waals surface area contributed by atoms with E-state index in [1.807, 2.05) is 13.8 Å². The highest BCUT2D eigenvalue weighted by atomic mass is 32.2. The highest BCUT2D eigenvalue weighted by Gasteiger charge is 2.27. The Morgan fingerprint density at radius 1 is 1.42 bits per heavy atom. The lowest BCUT2D eigenvalue weighted by molar-refractivity contribution is 0.242. The molecule has 2 atom stereocenters. The molecule has 0 aromatic heterocycles. The van der Waals surface area contributed by atoms with Gasteiger partial charge in [0.15, 0.2) is 0 Å². The lowest BCUT2D eigenvalue weighted by Gasteiger charge is -2.33. The van der Waals surface area contributed by atoms with E-state index in [9.17, 15) is 8.60 Å². The van der Waals surface area contributed by atoms with Crippen molar-refractivity contribution < 1.29 is 8.60 Å². The lowest BCUT2D eigenvalue weighted by Crippen LogP contribution is -2.47. The molecule has 1 aliphatic heterocycles. The quantitative estimate of drug-likeness (QED) is 0.646. The summed E-state index contributed by atoms with van der Waals surface area (Å²) in [4.78, 5) is 2.05. The van der Waals surface area contributed by atoms with Crippen LogP contribution in [0.4, 0.5) is 4.39 Å². The van der Waals surface area contributed by atoms with Gasteiger partial charge in [0, 0.05) is 40.9 Å². The predicted octanol–water partition coefficient (Wildman–Crippen LogP) is 0.797. The Morgan fingerprint density at radius 2 is 1.92 bits per heavy atom. The second-order valence-electron chi connectivity index (χ2n) is 3.40. The third-order valence-electron chi connectivity index (χ3n) is 2.22. The highest BCUT2D eigenvalue weighted by Crippen LogP contribution is 2.13. The first-order chi connectivity index (χ1) is 5.65. The SMILES string of the molecule is CC1CN(CCF)CC(C)S1=O. The van der Waals surface area contributed by atoms with Crippen LogP contribution in [-0.2, 0) is 10.8 Å². The minimum absolute atomic E-state index is 0.195. The van der Waals surface area contributed by atoms with Crippen LogP contribution in [0.5, 0.6) is 0 Å². The van der Waals surface area contributed by atoms with Gasteiger partial charge in [-0.1, -0.05) is 0 Å². The van der Waals surface area contributed by atoms with Crippen molar-refractivity contribution in [2.24, 2.45) is 0 Å². The topological polar surface area (TPSA) is 20.3 Å². The van der Waals surface area contributed by atoms with Crippen molar-refractivity contribution >= 4 is 10.8 Å². The van der Waals surface area contributed by atoms with E-state index in [1.165, 1.54) is 0 Å². The first-order valence-electron chi connectivity index (χ1n) is 4.33. The standard InChI is InChI=1S/C8H16FNOS/c1-7-5-10(4-3-9)6-8(2)12(7)11/h7-8H,3-6H2,1-2H3. The molecule has 1 aliphatic rings. The zero-order chi connectivity index (χ0) is 9.14. The van der Waals surface area contributed by atoms with E-state index >= 15 is 0 Å². The van der Waals surface area contributed by atoms with Gasteiger partial charge in [-0.05, 0) is 13.8 Å². The van der Waals surface area contributed by atoms with Gasteiger partial charge in [-0.15, -0.1) is 0 Å². The van der Waals surface area contributed by atoms with Crippen molar-refractivity contribution in [3.05, 3.63) is 0 Å². The van der Waals surface area contributed by atoms with E-state index in [4.69, 9.17) is 0 Å². The predicted molar refractivity (Wildman–Crippen MR) is 49.5 cm³/mol. The fourth-order valence-corrected chi connectivity index (χ4v) is 3.16. The van der Waals surface area contributed by atoms with Crippen molar-refractivity contribution in [1.29, 1.82) is 0 Å². The summed E-state index contributed by atoms with van der Waals surface area (Å²) in [7, 11) is -0.718. The van der Waals surface area contributed by atoms with Gasteiger partial charge < -0.3 is 0 Å². The van der Waals surface area contributed by atoms with Gasteiger partial charge in [0.2, 0.25) is 0 Å². The smallest absolute Gasteiger partial charge is 0.102 e. The summed E-state index contributed by atoms with van der Waals surface area (Å²) in [6.45, 7) is 5.69. The number of nitrogens with zero attached hydrogens (tertiary/aromatic N) is 1. The first-order valence-corrected chi connectivity index (χ1v) is 5.60. The summed E-state index contributed by atoms with van der Waals surface area (Å²) >= 11 is 0. The summed E-state index contributed by atoms with van der Waals surface area (Å²) < 4.78 is 23.5. The van der Waals surface area contributed by atoms with Gasteiger partial charge in [0.1, 0.15) is 6.67 Å². The molecule has 1 rings (SSSR count). The molecule has 12 heavy (non-hydrogen) atoms. The van der Waals surface area contributed by atoms with Crippen molar-refractivity contribution in [3.8, 4) is 0 Å². The van der Waals surface area contributed by atoms with Gasteiger partial charge in [0.05, 0.1) is 0 Å². The van der Waals surface area contributed by atoms with Gasteiger partial charge in [-0.25, -0.2) is 4.39 Å². The molecule has 0 aliphatic carbocycles. The van der Waals surface area contributed by atoms with Crippen LogP contribution in [-0.4, -0.2) is 45.9 Å². The zero-order valence-electron chi connectivity index (χ0n) is 7.62. The largest absolute Gasteiger partial charge is 0.298 e. The number of halogens is 1. The van der Waals surface area contributed by atoms with Gasteiger partial charge >= 0.3 is 0 Å². The molecule has 72 valence electrons. The van der Waals surface area contributed by atoms with Crippen LogP contribution < -0.4 is 0 Å². The van der Waals surface area contributed by atoms with Gasteiger partial charge in [-0.2, -0.15) is 0 Å². The van der Waals surface area contributed by atoms with Crippen LogP contribution in [0.1, 0.15) is 13.8 Å². The van der Waals surface area contributed by atoms with E-state index < -0.39 is 10.8 Å². The molecule has 0 saturated carbocycles. The molecule has 1 heterocycles. The first kappa shape index (κ1) is 10.1. The average Bonchev–Trinajstić information content (AvgIpc) is 2.01. The molecule has 0 radical (unpaired) electrons. The van der Waals surface area contributed by atoms with Crippen LogP contribution in [0.15, 0.2) is 0 Å². The Kier molecular flexibility index (Phi) is 3.65. The summed E-state index contributed by atoms with van der Waals surface area (Å²) in [5.74, 6) is 0. The van der Waals surface area contributed by atoms with Crippen LogP contribution in [0.25, 0.3) is 0 Å². The maximum Gasteiger partial charge on any atom is 0.102 e. The second-order valence-corrected chi connectivity index (χ2v) is 5.66. The fourth-order valence-electron chi connectivity index (χ4n) is 1.65. The number of hydrogen-bond acceptors (Lipinski definition) is 2. The Labute approximate surface area is 75.6 Å². The number of alkyl halides is 1. The van der Waals surface area contributed by atoms with Crippen molar-refractivity contribution in [1.82, 2.24) is 4.90 Å². The third-order valence-corrected chi connectivity index (χ3v) is 4.11. The molecule has 2 nitrogen and oxygen atoms in total. The minimum Gasteiger partial charge on any atom is -0.298 e. The maximum absolute atomic E-state index is 12.0. The van der Waals surface area contributed by atoms with Crippen LogP contribution in [0.2, 0.25) is 0 Å². The molecule has 0 spiro atoms. The third kappa shape index (κ3) is 2.26. The highest BCUT2D eigenvalue weighted by molar-refractivity contribution is 7.86. The van der Waals surface area contributed by atoms with Crippen LogP contribution >= 0.6 is 0 Å². The van der Waals surface area contributed by atoms with E-state index in [0.717, 1.165) is 13.1 Å². The average molecular weight is 193 g/mol. The molecule has 1 saturated heterocycles. The van der Waals surface area contributed by atoms with E-state index in [0.29, 0.717) is 6.54 Å². The van der Waals surface area contributed by atoms with Crippen molar-refractivity contribution in [3.63, 3.8) is 0 Å². The molecule has 0 N–H and O–H groups in total. The summed E-state index contributed by atoms with van der Waals surface area (Å²) in [5, 5.41) is 0.389. The summed E-state index contributed by atoms with van der Waals surface area (Å²) in [6, 6.07) is 0. The van der Waals surface area contributed by atoms with Crippen LogP contribution in [0.3, 0.4) is 0 Å². The fraction of sp³-hybridized carbons (Fsp3) is 1.00. The Hall–Kier alpha value is 0.0400. The Bertz CT molecular complexity index is 162. The van der Waals surface area contributed by atoms with E-state index in [-0.39, 0.29) is 17.2 Å². The molecular formula is C8H16FNOS. The Balaban J connectivity index is 2.47. The van der Waals surface area contributed by atoms with E-state index in [2.05, 4.69) is 4.90 Å². The molecule has 0 aromatic rings. The summed E-state index contributed by atoms with van der Waals surface area (Å²) in [6.07, 6.45) is 0. The minimum atomic E-state index is -0.718. The van der Waals surface area contributed by atoms with Gasteiger partial charge in [-0.3, -0.25) is 9.11 Å². The van der Waals surface area contributed by atoms with Crippen molar-refractivity contribution in [2.75, 3.05) is 26.3 Å². The zero-order valence-corrected chi connectivity index (χ0v) is 8.44. The van der Waals surface area contributed by atoms with Crippen LogP contribution in [0, 0.1) is 0 Å².